The van der Waals surface area contributed by atoms with Gasteiger partial charge in [0.25, 0.3) is 5.91 Å². The zero-order chi connectivity index (χ0) is 21.3. The number of amides is 1. The standard InChI is InChI=1S/C21H19N5O3S/c1-22-20(27)15-7-3-8-16(12-15)23-21-24-19-11-5-10-18(26(19)25-21)14-6-4-9-17(13-14)30(2,28)29/h3-13H,1-2H3,(H,22,27)(H,23,25). The highest BCUT2D eigenvalue weighted by molar-refractivity contribution is 7.90. The van der Waals surface area contributed by atoms with E-state index < -0.39 is 9.84 Å². The van der Waals surface area contributed by atoms with Gasteiger partial charge in [0.15, 0.2) is 15.5 Å². The third kappa shape index (κ3) is 3.87. The van der Waals surface area contributed by atoms with Crippen LogP contribution in [0.3, 0.4) is 0 Å². The van der Waals surface area contributed by atoms with Crippen molar-refractivity contribution < 1.29 is 13.2 Å². The Kier molecular flexibility index (Phi) is 4.96. The Labute approximate surface area is 173 Å². The topological polar surface area (TPSA) is 105 Å². The number of sulfone groups is 1. The van der Waals surface area contributed by atoms with E-state index in [2.05, 4.69) is 20.7 Å². The fourth-order valence-electron chi connectivity index (χ4n) is 3.07. The molecule has 0 radical (unpaired) electrons. The molecule has 2 aromatic carbocycles. The Balaban J connectivity index is 1.72. The molecule has 8 nitrogen and oxygen atoms in total. The summed E-state index contributed by atoms with van der Waals surface area (Å²) in [4.78, 5) is 16.6. The van der Waals surface area contributed by atoms with Gasteiger partial charge in [-0.15, -0.1) is 5.10 Å². The maximum Gasteiger partial charge on any atom is 0.251 e. The quantitative estimate of drug-likeness (QED) is 0.513. The monoisotopic (exact) mass is 421 g/mol. The first-order chi connectivity index (χ1) is 14.3. The summed E-state index contributed by atoms with van der Waals surface area (Å²) in [5.41, 5.74) is 3.21. The Morgan fingerprint density at radius 1 is 1.00 bits per heavy atom. The number of nitrogens with one attached hydrogen (secondary N) is 2. The van der Waals surface area contributed by atoms with Crippen molar-refractivity contribution in [2.24, 2.45) is 0 Å². The van der Waals surface area contributed by atoms with Crippen LogP contribution in [0.25, 0.3) is 16.9 Å². The fourth-order valence-corrected chi connectivity index (χ4v) is 3.74. The van der Waals surface area contributed by atoms with Crippen LogP contribution in [-0.2, 0) is 9.84 Å². The van der Waals surface area contributed by atoms with Crippen molar-refractivity contribution in [3.63, 3.8) is 0 Å². The number of hydrogen-bond donors (Lipinski definition) is 2. The van der Waals surface area contributed by atoms with Crippen molar-refractivity contribution in [1.29, 1.82) is 0 Å². The second-order valence-corrected chi connectivity index (χ2v) is 8.72. The second-order valence-electron chi connectivity index (χ2n) is 6.70. The first-order valence-electron chi connectivity index (χ1n) is 9.10. The summed E-state index contributed by atoms with van der Waals surface area (Å²) in [6.45, 7) is 0. The molecule has 4 aromatic rings. The number of rotatable bonds is 5. The van der Waals surface area contributed by atoms with Gasteiger partial charge in [-0.3, -0.25) is 4.79 Å². The van der Waals surface area contributed by atoms with Crippen molar-refractivity contribution in [2.75, 3.05) is 18.6 Å². The number of hydrogen-bond acceptors (Lipinski definition) is 6. The molecule has 2 heterocycles. The minimum atomic E-state index is -3.33. The molecule has 0 fully saturated rings. The molecule has 0 saturated heterocycles. The van der Waals surface area contributed by atoms with Crippen LogP contribution in [0.5, 0.6) is 0 Å². The molecule has 0 aliphatic rings. The lowest BCUT2D eigenvalue weighted by molar-refractivity contribution is 0.0963. The lowest BCUT2D eigenvalue weighted by Gasteiger charge is -2.06. The van der Waals surface area contributed by atoms with Gasteiger partial charge in [-0.1, -0.05) is 24.3 Å². The number of benzene rings is 2. The van der Waals surface area contributed by atoms with Crippen LogP contribution in [0.1, 0.15) is 10.4 Å². The van der Waals surface area contributed by atoms with Gasteiger partial charge in [0.1, 0.15) is 0 Å². The highest BCUT2D eigenvalue weighted by Crippen LogP contribution is 2.24. The summed E-state index contributed by atoms with van der Waals surface area (Å²) in [7, 11) is -1.75. The van der Waals surface area contributed by atoms with Gasteiger partial charge in [-0.05, 0) is 42.5 Å². The van der Waals surface area contributed by atoms with Crippen LogP contribution in [0, 0.1) is 0 Å². The van der Waals surface area contributed by atoms with E-state index in [1.807, 2.05) is 30.3 Å². The van der Waals surface area contributed by atoms with E-state index in [0.29, 0.717) is 34.1 Å². The highest BCUT2D eigenvalue weighted by Gasteiger charge is 2.13. The summed E-state index contributed by atoms with van der Waals surface area (Å²) in [6.07, 6.45) is 1.18. The first kappa shape index (κ1) is 19.6. The van der Waals surface area contributed by atoms with Gasteiger partial charge in [0.05, 0.1) is 10.6 Å². The summed E-state index contributed by atoms with van der Waals surface area (Å²) in [5, 5.41) is 10.2. The molecule has 4 rings (SSSR count). The number of anilines is 2. The Hall–Kier alpha value is -3.72. The Bertz CT molecular complexity index is 1360. The second kappa shape index (κ2) is 7.60. The van der Waals surface area contributed by atoms with Crippen LogP contribution < -0.4 is 10.6 Å². The molecule has 2 N–H and O–H groups in total. The molecule has 0 unspecified atom stereocenters. The average Bonchev–Trinajstić information content (AvgIpc) is 3.15. The molecular formula is C21H19N5O3S. The number of aromatic nitrogens is 3. The minimum absolute atomic E-state index is 0.186. The normalized spacial score (nSPS) is 11.4. The molecule has 0 aliphatic heterocycles. The third-order valence-corrected chi connectivity index (χ3v) is 5.64. The van der Waals surface area contributed by atoms with Crippen molar-refractivity contribution in [3.8, 4) is 11.3 Å². The maximum absolute atomic E-state index is 11.9. The van der Waals surface area contributed by atoms with Crippen LogP contribution in [0.15, 0.2) is 71.6 Å². The van der Waals surface area contributed by atoms with Gasteiger partial charge >= 0.3 is 0 Å². The van der Waals surface area contributed by atoms with Crippen LogP contribution in [0.4, 0.5) is 11.6 Å². The van der Waals surface area contributed by atoms with E-state index in [0.717, 1.165) is 0 Å². The minimum Gasteiger partial charge on any atom is -0.355 e. The van der Waals surface area contributed by atoms with E-state index >= 15 is 0 Å². The maximum atomic E-state index is 11.9. The Morgan fingerprint density at radius 2 is 1.77 bits per heavy atom. The molecule has 152 valence electrons. The number of pyridine rings is 1. The lowest BCUT2D eigenvalue weighted by atomic mass is 10.1. The van der Waals surface area contributed by atoms with E-state index in [1.165, 1.54) is 6.26 Å². The van der Waals surface area contributed by atoms with Crippen LogP contribution in [0.2, 0.25) is 0 Å². The lowest BCUT2D eigenvalue weighted by Crippen LogP contribution is -2.17. The summed E-state index contributed by atoms with van der Waals surface area (Å²) >= 11 is 0. The van der Waals surface area contributed by atoms with Gasteiger partial charge in [-0.25, -0.2) is 12.9 Å². The van der Waals surface area contributed by atoms with Crippen molar-refractivity contribution >= 4 is 33.0 Å². The molecule has 0 bridgehead atoms. The molecule has 0 saturated carbocycles. The average molecular weight is 421 g/mol. The molecule has 0 spiro atoms. The van der Waals surface area contributed by atoms with Crippen molar-refractivity contribution in [3.05, 3.63) is 72.3 Å². The third-order valence-electron chi connectivity index (χ3n) is 4.53. The molecule has 0 aliphatic carbocycles. The van der Waals surface area contributed by atoms with Gasteiger partial charge in [-0.2, -0.15) is 4.98 Å². The number of nitrogens with zero attached hydrogens (tertiary/aromatic N) is 3. The molecule has 30 heavy (non-hydrogen) atoms. The van der Waals surface area contributed by atoms with Gasteiger partial charge < -0.3 is 10.6 Å². The fraction of sp³-hybridized carbons (Fsp3) is 0.0952. The van der Waals surface area contributed by atoms with Gasteiger partial charge in [0.2, 0.25) is 5.95 Å². The van der Waals surface area contributed by atoms with E-state index in [4.69, 9.17) is 0 Å². The predicted molar refractivity (Wildman–Crippen MR) is 115 cm³/mol. The smallest absolute Gasteiger partial charge is 0.251 e. The SMILES string of the molecule is CNC(=O)c1cccc(Nc2nc3cccc(-c4cccc(S(C)(=O)=O)c4)n3n2)c1. The highest BCUT2D eigenvalue weighted by atomic mass is 32.2. The summed E-state index contributed by atoms with van der Waals surface area (Å²) < 4.78 is 25.5. The summed E-state index contributed by atoms with van der Waals surface area (Å²) in [5.74, 6) is 0.172. The molecule has 0 atom stereocenters. The zero-order valence-electron chi connectivity index (χ0n) is 16.3. The van der Waals surface area contributed by atoms with Crippen LogP contribution in [-0.4, -0.2) is 42.2 Å². The largest absolute Gasteiger partial charge is 0.355 e. The van der Waals surface area contributed by atoms with E-state index in [9.17, 15) is 13.2 Å². The number of carbonyl (C=O) groups excluding carboxylic acids is 1. The zero-order valence-corrected chi connectivity index (χ0v) is 17.1. The summed E-state index contributed by atoms with van der Waals surface area (Å²) in [6, 6.07) is 19.2. The first-order valence-corrected chi connectivity index (χ1v) is 11.0. The molecular weight excluding hydrogens is 402 g/mol. The molecule has 9 heteroatoms. The van der Waals surface area contributed by atoms with Crippen LogP contribution >= 0.6 is 0 Å². The molecule has 1 amide bonds. The molecule has 2 aromatic heterocycles. The van der Waals surface area contributed by atoms with Crippen molar-refractivity contribution in [2.45, 2.75) is 4.90 Å². The number of fused-ring (bicyclic) bond motifs is 1. The van der Waals surface area contributed by atoms with E-state index in [-0.39, 0.29) is 10.8 Å². The number of carbonyl (C=O) groups is 1. The Morgan fingerprint density at radius 3 is 2.53 bits per heavy atom. The van der Waals surface area contributed by atoms with Gasteiger partial charge in [0, 0.05) is 30.1 Å². The van der Waals surface area contributed by atoms with Crippen molar-refractivity contribution in [1.82, 2.24) is 19.9 Å². The van der Waals surface area contributed by atoms with E-state index in [1.54, 1.807) is 48.0 Å². The predicted octanol–water partition coefficient (Wildman–Crippen LogP) is 2.90.